The molecule has 0 saturated carbocycles. The highest BCUT2D eigenvalue weighted by Gasteiger charge is 2.13. The van der Waals surface area contributed by atoms with E-state index in [1.807, 2.05) is 63.5 Å². The highest BCUT2D eigenvalue weighted by Crippen LogP contribution is 2.21. The lowest BCUT2D eigenvalue weighted by atomic mass is 10.0. The summed E-state index contributed by atoms with van der Waals surface area (Å²) in [6.45, 7) is 6.17. The van der Waals surface area contributed by atoms with Gasteiger partial charge in [0, 0.05) is 18.1 Å². The number of aliphatic hydroxyl groups is 1. The van der Waals surface area contributed by atoms with Crippen molar-refractivity contribution in [2.45, 2.75) is 33.4 Å². The summed E-state index contributed by atoms with van der Waals surface area (Å²) in [6, 6.07) is 9.54. The summed E-state index contributed by atoms with van der Waals surface area (Å²) >= 11 is 0. The van der Waals surface area contributed by atoms with Crippen molar-refractivity contribution in [2.24, 2.45) is 5.92 Å². The molecule has 0 fully saturated rings. The van der Waals surface area contributed by atoms with E-state index in [-0.39, 0.29) is 18.4 Å². The van der Waals surface area contributed by atoms with Crippen LogP contribution in [0, 0.1) is 12.8 Å². The Morgan fingerprint density at radius 2 is 1.90 bits per heavy atom. The SMILES string of the molecule is Cc1ccc(NC(=O)Cn2ccc(C(O)C(C)C)c2)cc1. The van der Waals surface area contributed by atoms with Crippen LogP contribution in [-0.4, -0.2) is 15.6 Å². The van der Waals surface area contributed by atoms with Crippen LogP contribution >= 0.6 is 0 Å². The molecule has 2 rings (SSSR count). The van der Waals surface area contributed by atoms with Gasteiger partial charge in [0.1, 0.15) is 6.54 Å². The average Bonchev–Trinajstić information content (AvgIpc) is 2.88. The van der Waals surface area contributed by atoms with E-state index in [1.165, 1.54) is 0 Å². The molecular weight excluding hydrogens is 264 g/mol. The molecule has 1 aromatic carbocycles. The molecular formula is C17H22N2O2. The van der Waals surface area contributed by atoms with Crippen molar-refractivity contribution in [3.63, 3.8) is 0 Å². The Kier molecular flexibility index (Phi) is 4.81. The predicted octanol–water partition coefficient (Wildman–Crippen LogP) is 3.12. The first-order chi connectivity index (χ1) is 9.95. The van der Waals surface area contributed by atoms with Gasteiger partial charge in [-0.2, -0.15) is 0 Å². The van der Waals surface area contributed by atoms with Gasteiger partial charge in [-0.05, 0) is 36.6 Å². The second kappa shape index (κ2) is 6.59. The number of anilines is 1. The maximum absolute atomic E-state index is 12.0. The third-order valence-corrected chi connectivity index (χ3v) is 3.41. The number of aryl methyl sites for hydroxylation is 1. The number of benzene rings is 1. The number of aliphatic hydroxyl groups excluding tert-OH is 1. The minimum atomic E-state index is -0.494. The van der Waals surface area contributed by atoms with E-state index in [2.05, 4.69) is 5.32 Å². The Balaban J connectivity index is 1.95. The van der Waals surface area contributed by atoms with E-state index >= 15 is 0 Å². The smallest absolute Gasteiger partial charge is 0.244 e. The van der Waals surface area contributed by atoms with E-state index in [9.17, 15) is 9.90 Å². The summed E-state index contributed by atoms with van der Waals surface area (Å²) < 4.78 is 1.78. The average molecular weight is 286 g/mol. The van der Waals surface area contributed by atoms with Gasteiger partial charge < -0.3 is 15.0 Å². The molecule has 2 aromatic rings. The first kappa shape index (κ1) is 15.3. The van der Waals surface area contributed by atoms with Crippen molar-refractivity contribution in [3.05, 3.63) is 53.9 Å². The van der Waals surface area contributed by atoms with Crippen molar-refractivity contribution >= 4 is 11.6 Å². The number of nitrogens with zero attached hydrogens (tertiary/aromatic N) is 1. The molecule has 1 unspecified atom stereocenters. The second-order valence-corrected chi connectivity index (χ2v) is 5.72. The standard InChI is InChI=1S/C17H22N2O2/c1-12(2)17(21)14-8-9-19(10-14)11-16(20)18-15-6-4-13(3)5-7-15/h4-10,12,17,21H,11H2,1-3H3,(H,18,20). The molecule has 1 heterocycles. The Morgan fingerprint density at radius 1 is 1.24 bits per heavy atom. The maximum atomic E-state index is 12.0. The van der Waals surface area contributed by atoms with Gasteiger partial charge in [0.15, 0.2) is 0 Å². The highest BCUT2D eigenvalue weighted by molar-refractivity contribution is 5.90. The van der Waals surface area contributed by atoms with Crippen molar-refractivity contribution in [1.29, 1.82) is 0 Å². The zero-order chi connectivity index (χ0) is 15.4. The summed E-state index contributed by atoms with van der Waals surface area (Å²) in [6.07, 6.45) is 3.14. The molecule has 0 radical (unpaired) electrons. The van der Waals surface area contributed by atoms with Crippen LogP contribution in [0.5, 0.6) is 0 Å². The molecule has 0 aliphatic heterocycles. The van der Waals surface area contributed by atoms with Crippen molar-refractivity contribution in [2.75, 3.05) is 5.32 Å². The lowest BCUT2D eigenvalue weighted by molar-refractivity contribution is -0.116. The highest BCUT2D eigenvalue weighted by atomic mass is 16.3. The zero-order valence-corrected chi connectivity index (χ0v) is 12.7. The van der Waals surface area contributed by atoms with E-state index in [0.29, 0.717) is 0 Å². The Labute approximate surface area is 125 Å². The van der Waals surface area contributed by atoms with Crippen LogP contribution in [-0.2, 0) is 11.3 Å². The number of aromatic nitrogens is 1. The van der Waals surface area contributed by atoms with Gasteiger partial charge >= 0.3 is 0 Å². The van der Waals surface area contributed by atoms with Crippen molar-refractivity contribution in [3.8, 4) is 0 Å². The monoisotopic (exact) mass is 286 g/mol. The molecule has 0 aliphatic carbocycles. The number of nitrogens with one attached hydrogen (secondary N) is 1. The molecule has 0 saturated heterocycles. The van der Waals surface area contributed by atoms with Gasteiger partial charge in [-0.3, -0.25) is 4.79 Å². The molecule has 1 aromatic heterocycles. The van der Waals surface area contributed by atoms with Gasteiger partial charge in [0.05, 0.1) is 6.10 Å². The minimum Gasteiger partial charge on any atom is -0.388 e. The lowest BCUT2D eigenvalue weighted by Gasteiger charge is -2.12. The molecule has 4 heteroatoms. The van der Waals surface area contributed by atoms with Crippen molar-refractivity contribution < 1.29 is 9.90 Å². The van der Waals surface area contributed by atoms with Gasteiger partial charge in [-0.15, -0.1) is 0 Å². The molecule has 112 valence electrons. The van der Waals surface area contributed by atoms with Gasteiger partial charge in [0.2, 0.25) is 5.91 Å². The summed E-state index contributed by atoms with van der Waals surface area (Å²) in [5.74, 6) is 0.0716. The Hall–Kier alpha value is -2.07. The minimum absolute atomic E-state index is 0.0833. The molecule has 0 aliphatic rings. The third-order valence-electron chi connectivity index (χ3n) is 3.41. The van der Waals surface area contributed by atoms with Gasteiger partial charge in [-0.25, -0.2) is 0 Å². The van der Waals surface area contributed by atoms with Crippen LogP contribution in [0.3, 0.4) is 0 Å². The molecule has 4 nitrogen and oxygen atoms in total. The van der Waals surface area contributed by atoms with E-state index in [4.69, 9.17) is 0 Å². The predicted molar refractivity (Wildman–Crippen MR) is 84.0 cm³/mol. The molecule has 2 N–H and O–H groups in total. The van der Waals surface area contributed by atoms with E-state index in [1.54, 1.807) is 4.57 Å². The molecule has 0 spiro atoms. The summed E-state index contributed by atoms with van der Waals surface area (Å²) in [4.78, 5) is 12.0. The van der Waals surface area contributed by atoms with Crippen LogP contribution in [0.4, 0.5) is 5.69 Å². The van der Waals surface area contributed by atoms with E-state index < -0.39 is 6.10 Å². The molecule has 1 atom stereocenters. The number of hydrogen-bond acceptors (Lipinski definition) is 2. The fourth-order valence-corrected chi connectivity index (χ4v) is 2.12. The topological polar surface area (TPSA) is 54.3 Å². The maximum Gasteiger partial charge on any atom is 0.244 e. The van der Waals surface area contributed by atoms with Crippen LogP contribution in [0.25, 0.3) is 0 Å². The Morgan fingerprint density at radius 3 is 2.52 bits per heavy atom. The molecule has 0 bridgehead atoms. The van der Waals surface area contributed by atoms with Crippen LogP contribution in [0.2, 0.25) is 0 Å². The summed E-state index contributed by atoms with van der Waals surface area (Å²) in [5, 5.41) is 12.8. The number of carbonyl (C=O) groups is 1. The second-order valence-electron chi connectivity index (χ2n) is 5.72. The summed E-state index contributed by atoms with van der Waals surface area (Å²) in [5.41, 5.74) is 2.79. The first-order valence-corrected chi connectivity index (χ1v) is 7.16. The van der Waals surface area contributed by atoms with Gasteiger partial charge in [-0.1, -0.05) is 31.5 Å². The fraction of sp³-hybridized carbons (Fsp3) is 0.353. The number of rotatable bonds is 5. The van der Waals surface area contributed by atoms with E-state index in [0.717, 1.165) is 16.8 Å². The normalized spacial score (nSPS) is 12.4. The zero-order valence-electron chi connectivity index (χ0n) is 12.7. The van der Waals surface area contributed by atoms with Gasteiger partial charge in [0.25, 0.3) is 0 Å². The molecule has 21 heavy (non-hydrogen) atoms. The van der Waals surface area contributed by atoms with Crippen molar-refractivity contribution in [1.82, 2.24) is 4.57 Å². The van der Waals surface area contributed by atoms with Crippen LogP contribution in [0.1, 0.15) is 31.1 Å². The lowest BCUT2D eigenvalue weighted by Crippen LogP contribution is -2.17. The number of hydrogen-bond donors (Lipinski definition) is 2. The third kappa shape index (κ3) is 4.20. The number of carbonyl (C=O) groups excluding carboxylic acids is 1. The largest absolute Gasteiger partial charge is 0.388 e. The first-order valence-electron chi connectivity index (χ1n) is 7.16. The Bertz CT molecular complexity index is 600. The summed E-state index contributed by atoms with van der Waals surface area (Å²) in [7, 11) is 0. The fourth-order valence-electron chi connectivity index (χ4n) is 2.12. The van der Waals surface area contributed by atoms with Crippen LogP contribution < -0.4 is 5.32 Å². The molecule has 1 amide bonds. The quantitative estimate of drug-likeness (QED) is 0.887. The van der Waals surface area contributed by atoms with Crippen LogP contribution in [0.15, 0.2) is 42.7 Å². The number of amides is 1.